The largest absolute Gasteiger partial charge is 0.368 e. The van der Waals surface area contributed by atoms with Gasteiger partial charge in [0.1, 0.15) is 5.82 Å². The van der Waals surface area contributed by atoms with E-state index in [0.29, 0.717) is 5.82 Å². The quantitative estimate of drug-likeness (QED) is 0.887. The topological polar surface area (TPSA) is 63.8 Å². The predicted octanol–water partition coefficient (Wildman–Crippen LogP) is 2.87. The monoisotopic (exact) mass is 278 g/mol. The summed E-state index contributed by atoms with van der Waals surface area (Å²) in [6.07, 6.45) is 1.62. The molecule has 0 bridgehead atoms. The molecule has 16 heavy (non-hydrogen) atoms. The van der Waals surface area contributed by atoms with Gasteiger partial charge in [0.25, 0.3) is 0 Å². The van der Waals surface area contributed by atoms with Gasteiger partial charge in [-0.25, -0.2) is 4.98 Å². The zero-order chi connectivity index (χ0) is 11.5. The molecular weight excluding hydrogens is 268 g/mol. The molecule has 1 aromatic carbocycles. The van der Waals surface area contributed by atoms with Gasteiger partial charge in [-0.1, -0.05) is 6.07 Å². The van der Waals surface area contributed by atoms with E-state index in [-0.39, 0.29) is 5.95 Å². The summed E-state index contributed by atoms with van der Waals surface area (Å²) in [5, 5.41) is 3.18. The molecule has 1 heterocycles. The standard InChI is InChI=1S/C11H11BrN4/c1-7-2-3-8(12)9(6-7)15-10-4-5-14-11(13)16-10/h2-6H,1H3,(H3,13,14,15,16). The molecule has 82 valence electrons. The number of hydrogen-bond donors (Lipinski definition) is 2. The van der Waals surface area contributed by atoms with E-state index in [9.17, 15) is 0 Å². The lowest BCUT2D eigenvalue weighted by Crippen LogP contribution is -1.99. The van der Waals surface area contributed by atoms with E-state index in [1.807, 2.05) is 25.1 Å². The fourth-order valence-corrected chi connectivity index (χ4v) is 1.66. The van der Waals surface area contributed by atoms with E-state index >= 15 is 0 Å². The Bertz CT molecular complexity index is 513. The van der Waals surface area contributed by atoms with Crippen LogP contribution in [0.3, 0.4) is 0 Å². The number of nitrogens with one attached hydrogen (secondary N) is 1. The summed E-state index contributed by atoms with van der Waals surface area (Å²) in [5.74, 6) is 0.938. The van der Waals surface area contributed by atoms with Crippen molar-refractivity contribution in [2.75, 3.05) is 11.1 Å². The SMILES string of the molecule is Cc1ccc(Br)c(Nc2ccnc(N)n2)c1. The lowest BCUT2D eigenvalue weighted by molar-refractivity contribution is 1.18. The van der Waals surface area contributed by atoms with Crippen molar-refractivity contribution in [2.45, 2.75) is 6.92 Å². The minimum Gasteiger partial charge on any atom is -0.368 e. The molecule has 1 aromatic heterocycles. The Morgan fingerprint density at radius 3 is 2.88 bits per heavy atom. The normalized spacial score (nSPS) is 10.1. The maximum Gasteiger partial charge on any atom is 0.221 e. The fourth-order valence-electron chi connectivity index (χ4n) is 1.32. The van der Waals surface area contributed by atoms with Crippen molar-refractivity contribution >= 4 is 33.4 Å². The molecule has 4 nitrogen and oxygen atoms in total. The van der Waals surface area contributed by atoms with Crippen LogP contribution < -0.4 is 11.1 Å². The number of hydrogen-bond acceptors (Lipinski definition) is 4. The number of halogens is 1. The Balaban J connectivity index is 2.30. The molecule has 0 spiro atoms. The summed E-state index contributed by atoms with van der Waals surface area (Å²) in [6, 6.07) is 7.82. The molecule has 0 aliphatic rings. The number of aromatic nitrogens is 2. The van der Waals surface area contributed by atoms with Gasteiger partial charge in [0, 0.05) is 10.7 Å². The molecule has 5 heteroatoms. The van der Waals surface area contributed by atoms with Crippen LogP contribution in [0.5, 0.6) is 0 Å². The smallest absolute Gasteiger partial charge is 0.221 e. The van der Waals surface area contributed by atoms with Crippen molar-refractivity contribution in [3.05, 3.63) is 40.5 Å². The summed E-state index contributed by atoms with van der Waals surface area (Å²) in [5.41, 5.74) is 7.64. The summed E-state index contributed by atoms with van der Waals surface area (Å²) in [6.45, 7) is 2.03. The number of nitrogen functional groups attached to an aromatic ring is 1. The van der Waals surface area contributed by atoms with Gasteiger partial charge in [0.2, 0.25) is 5.95 Å². The van der Waals surface area contributed by atoms with Crippen LogP contribution in [-0.2, 0) is 0 Å². The maximum atomic E-state index is 5.51. The summed E-state index contributed by atoms with van der Waals surface area (Å²) >= 11 is 3.47. The Labute approximate surface area is 102 Å². The highest BCUT2D eigenvalue weighted by molar-refractivity contribution is 9.10. The molecule has 0 aliphatic heterocycles. The van der Waals surface area contributed by atoms with Crippen LogP contribution in [0.2, 0.25) is 0 Å². The summed E-state index contributed by atoms with van der Waals surface area (Å²) in [7, 11) is 0. The number of aryl methyl sites for hydroxylation is 1. The maximum absolute atomic E-state index is 5.51. The lowest BCUT2D eigenvalue weighted by Gasteiger charge is -2.08. The molecule has 0 unspecified atom stereocenters. The number of nitrogens with two attached hydrogens (primary N) is 1. The van der Waals surface area contributed by atoms with Crippen molar-refractivity contribution in [1.29, 1.82) is 0 Å². The van der Waals surface area contributed by atoms with Crippen LogP contribution in [0, 0.1) is 6.92 Å². The minimum absolute atomic E-state index is 0.258. The van der Waals surface area contributed by atoms with Gasteiger partial charge >= 0.3 is 0 Å². The first kappa shape index (κ1) is 10.9. The predicted molar refractivity (Wildman–Crippen MR) is 68.6 cm³/mol. The third-order valence-corrected chi connectivity index (χ3v) is 2.75. The molecule has 2 rings (SSSR count). The van der Waals surface area contributed by atoms with Gasteiger partial charge in [0.05, 0.1) is 5.69 Å². The van der Waals surface area contributed by atoms with Crippen molar-refractivity contribution in [3.8, 4) is 0 Å². The highest BCUT2D eigenvalue weighted by Gasteiger charge is 2.01. The molecule has 0 saturated carbocycles. The van der Waals surface area contributed by atoms with Crippen LogP contribution in [0.15, 0.2) is 34.9 Å². The molecule has 0 aliphatic carbocycles. The summed E-state index contributed by atoms with van der Waals surface area (Å²) in [4.78, 5) is 7.91. The van der Waals surface area contributed by atoms with Gasteiger partial charge in [-0.15, -0.1) is 0 Å². The first-order valence-electron chi connectivity index (χ1n) is 4.77. The molecule has 0 amide bonds. The minimum atomic E-state index is 0.258. The second-order valence-electron chi connectivity index (χ2n) is 3.41. The van der Waals surface area contributed by atoms with E-state index in [1.165, 1.54) is 5.56 Å². The lowest BCUT2D eigenvalue weighted by atomic mass is 10.2. The van der Waals surface area contributed by atoms with Gasteiger partial charge in [0.15, 0.2) is 0 Å². The molecule has 0 atom stereocenters. The number of rotatable bonds is 2. The van der Waals surface area contributed by atoms with E-state index < -0.39 is 0 Å². The highest BCUT2D eigenvalue weighted by atomic mass is 79.9. The van der Waals surface area contributed by atoms with Crippen molar-refractivity contribution < 1.29 is 0 Å². The number of nitrogens with zero attached hydrogens (tertiary/aromatic N) is 2. The van der Waals surface area contributed by atoms with E-state index in [2.05, 4.69) is 31.2 Å². The third-order valence-electron chi connectivity index (χ3n) is 2.06. The summed E-state index contributed by atoms with van der Waals surface area (Å²) < 4.78 is 0.982. The van der Waals surface area contributed by atoms with Crippen LogP contribution in [-0.4, -0.2) is 9.97 Å². The Morgan fingerprint density at radius 2 is 2.12 bits per heavy atom. The second-order valence-corrected chi connectivity index (χ2v) is 4.26. The fraction of sp³-hybridized carbons (Fsp3) is 0.0909. The second kappa shape index (κ2) is 4.49. The molecule has 2 aromatic rings. The first-order chi connectivity index (χ1) is 7.65. The molecule has 3 N–H and O–H groups in total. The van der Waals surface area contributed by atoms with E-state index in [4.69, 9.17) is 5.73 Å². The highest BCUT2D eigenvalue weighted by Crippen LogP contribution is 2.25. The number of anilines is 3. The average Bonchev–Trinajstić information content (AvgIpc) is 2.24. The van der Waals surface area contributed by atoms with Crippen LogP contribution in [0.4, 0.5) is 17.5 Å². The molecule has 0 fully saturated rings. The molecule has 0 saturated heterocycles. The van der Waals surface area contributed by atoms with Gasteiger partial charge in [-0.3, -0.25) is 0 Å². The zero-order valence-electron chi connectivity index (χ0n) is 8.74. The molecular formula is C11H11BrN4. The van der Waals surface area contributed by atoms with Gasteiger partial charge in [-0.2, -0.15) is 4.98 Å². The van der Waals surface area contributed by atoms with Gasteiger partial charge < -0.3 is 11.1 Å². The van der Waals surface area contributed by atoms with Crippen LogP contribution in [0.1, 0.15) is 5.56 Å². The average molecular weight is 279 g/mol. The Kier molecular flexibility index (Phi) is 3.05. The Hall–Kier alpha value is -1.62. The Morgan fingerprint density at radius 1 is 1.31 bits per heavy atom. The van der Waals surface area contributed by atoms with Gasteiger partial charge in [-0.05, 0) is 46.6 Å². The first-order valence-corrected chi connectivity index (χ1v) is 5.56. The van der Waals surface area contributed by atoms with E-state index in [0.717, 1.165) is 10.2 Å². The van der Waals surface area contributed by atoms with Crippen LogP contribution >= 0.6 is 15.9 Å². The third kappa shape index (κ3) is 2.49. The number of benzene rings is 1. The molecule has 0 radical (unpaired) electrons. The van der Waals surface area contributed by atoms with Crippen molar-refractivity contribution in [3.63, 3.8) is 0 Å². The van der Waals surface area contributed by atoms with E-state index in [1.54, 1.807) is 12.3 Å². The van der Waals surface area contributed by atoms with Crippen molar-refractivity contribution in [1.82, 2.24) is 9.97 Å². The van der Waals surface area contributed by atoms with Crippen molar-refractivity contribution in [2.24, 2.45) is 0 Å². The zero-order valence-corrected chi connectivity index (χ0v) is 10.3. The van der Waals surface area contributed by atoms with Crippen LogP contribution in [0.25, 0.3) is 0 Å².